The summed E-state index contributed by atoms with van der Waals surface area (Å²) in [6.45, 7) is 3.37. The molecule has 1 rings (SSSR count). The number of para-hydroxylation sites is 1. The summed E-state index contributed by atoms with van der Waals surface area (Å²) in [6, 6.07) is 5.58. The molecule has 18 heavy (non-hydrogen) atoms. The van der Waals surface area contributed by atoms with E-state index in [1.54, 1.807) is 13.2 Å². The molecule has 1 aromatic rings. The van der Waals surface area contributed by atoms with Gasteiger partial charge in [0.15, 0.2) is 18.1 Å². The molecule has 0 aliphatic heterocycles. The molecule has 0 spiro atoms. The summed E-state index contributed by atoms with van der Waals surface area (Å²) in [4.78, 5) is 10.7. The number of amides is 1. The summed E-state index contributed by atoms with van der Waals surface area (Å²) in [5, 5.41) is 3.19. The molecule has 0 aromatic heterocycles. The first kappa shape index (κ1) is 16.5. The maximum absolute atomic E-state index is 10.7. The van der Waals surface area contributed by atoms with E-state index in [2.05, 4.69) is 5.32 Å². The Morgan fingerprint density at radius 3 is 2.72 bits per heavy atom. The normalized spacial score (nSPS) is 9.44. The molecule has 102 valence electrons. The Kier molecular flexibility index (Phi) is 7.91. The quantitative estimate of drug-likeness (QED) is 0.781. The lowest BCUT2D eigenvalue weighted by molar-refractivity contribution is -0.119. The maximum Gasteiger partial charge on any atom is 0.255 e. The number of nitrogens with two attached hydrogens (primary N) is 1. The molecule has 5 nitrogen and oxygen atoms in total. The molecule has 0 radical (unpaired) electrons. The minimum atomic E-state index is -0.509. The number of carbonyl (C=O) groups is 1. The average molecular weight is 275 g/mol. The van der Waals surface area contributed by atoms with Crippen molar-refractivity contribution in [2.75, 3.05) is 20.3 Å². The van der Waals surface area contributed by atoms with E-state index in [0.29, 0.717) is 18.0 Å². The molecular weight excluding hydrogens is 256 g/mol. The van der Waals surface area contributed by atoms with Gasteiger partial charge in [-0.25, -0.2) is 0 Å². The Bertz CT molecular complexity index is 386. The van der Waals surface area contributed by atoms with E-state index in [-0.39, 0.29) is 19.0 Å². The second-order valence-electron chi connectivity index (χ2n) is 3.48. The van der Waals surface area contributed by atoms with Crippen LogP contribution in [0.15, 0.2) is 18.2 Å². The topological polar surface area (TPSA) is 73.6 Å². The van der Waals surface area contributed by atoms with Crippen LogP contribution in [0.3, 0.4) is 0 Å². The summed E-state index contributed by atoms with van der Waals surface area (Å²) in [7, 11) is 1.56. The lowest BCUT2D eigenvalue weighted by Gasteiger charge is -2.14. The van der Waals surface area contributed by atoms with Crippen molar-refractivity contribution in [3.05, 3.63) is 23.8 Å². The SMILES string of the molecule is CCNCc1cccc(OC)c1OCC(N)=O.Cl. The van der Waals surface area contributed by atoms with Crippen molar-refractivity contribution < 1.29 is 14.3 Å². The number of hydrogen-bond acceptors (Lipinski definition) is 4. The molecule has 0 bridgehead atoms. The monoisotopic (exact) mass is 274 g/mol. The first-order valence-electron chi connectivity index (χ1n) is 5.46. The zero-order chi connectivity index (χ0) is 12.7. The zero-order valence-electron chi connectivity index (χ0n) is 10.6. The Labute approximate surface area is 113 Å². The smallest absolute Gasteiger partial charge is 0.255 e. The van der Waals surface area contributed by atoms with Gasteiger partial charge in [-0.15, -0.1) is 12.4 Å². The summed E-state index contributed by atoms with van der Waals surface area (Å²) >= 11 is 0. The average Bonchev–Trinajstić information content (AvgIpc) is 2.33. The van der Waals surface area contributed by atoms with Gasteiger partial charge >= 0.3 is 0 Å². The number of hydrogen-bond donors (Lipinski definition) is 2. The Balaban J connectivity index is 0.00000289. The molecular formula is C12H19ClN2O3. The van der Waals surface area contributed by atoms with Gasteiger partial charge in [0.2, 0.25) is 0 Å². The van der Waals surface area contributed by atoms with Crippen molar-refractivity contribution in [3.8, 4) is 11.5 Å². The van der Waals surface area contributed by atoms with Crippen LogP contribution in [0.2, 0.25) is 0 Å². The van der Waals surface area contributed by atoms with Crippen LogP contribution in [0, 0.1) is 0 Å². The fraction of sp³-hybridized carbons (Fsp3) is 0.417. The third-order valence-corrected chi connectivity index (χ3v) is 2.20. The molecule has 0 saturated carbocycles. The van der Waals surface area contributed by atoms with Crippen molar-refractivity contribution >= 4 is 18.3 Å². The molecule has 1 aromatic carbocycles. The highest BCUT2D eigenvalue weighted by Crippen LogP contribution is 2.30. The Hall–Kier alpha value is -1.46. The largest absolute Gasteiger partial charge is 0.493 e. The first-order valence-corrected chi connectivity index (χ1v) is 5.46. The van der Waals surface area contributed by atoms with Gasteiger partial charge in [-0.05, 0) is 12.6 Å². The Morgan fingerprint density at radius 1 is 1.44 bits per heavy atom. The molecule has 0 fully saturated rings. The van der Waals surface area contributed by atoms with Gasteiger partial charge in [0.1, 0.15) is 0 Å². The van der Waals surface area contributed by atoms with Crippen LogP contribution in [0.1, 0.15) is 12.5 Å². The van der Waals surface area contributed by atoms with Crippen LogP contribution in [0.25, 0.3) is 0 Å². The number of halogens is 1. The second kappa shape index (κ2) is 8.60. The van der Waals surface area contributed by atoms with Crippen molar-refractivity contribution in [3.63, 3.8) is 0 Å². The van der Waals surface area contributed by atoms with Gasteiger partial charge in [-0.1, -0.05) is 19.1 Å². The molecule has 0 aliphatic rings. The van der Waals surface area contributed by atoms with E-state index in [4.69, 9.17) is 15.2 Å². The van der Waals surface area contributed by atoms with Crippen LogP contribution in [0.5, 0.6) is 11.5 Å². The van der Waals surface area contributed by atoms with Gasteiger partial charge < -0.3 is 20.5 Å². The highest BCUT2D eigenvalue weighted by Gasteiger charge is 2.11. The molecule has 6 heteroatoms. The minimum Gasteiger partial charge on any atom is -0.493 e. The number of methoxy groups -OCH3 is 1. The summed E-state index contributed by atoms with van der Waals surface area (Å²) in [6.07, 6.45) is 0. The number of benzene rings is 1. The molecule has 3 N–H and O–H groups in total. The predicted molar refractivity (Wildman–Crippen MR) is 72.3 cm³/mol. The lowest BCUT2D eigenvalue weighted by atomic mass is 10.2. The minimum absolute atomic E-state index is 0. The zero-order valence-corrected chi connectivity index (χ0v) is 11.4. The maximum atomic E-state index is 10.7. The fourth-order valence-corrected chi connectivity index (χ4v) is 1.43. The Morgan fingerprint density at radius 2 is 2.17 bits per heavy atom. The van der Waals surface area contributed by atoms with Crippen molar-refractivity contribution in [2.45, 2.75) is 13.5 Å². The van der Waals surface area contributed by atoms with E-state index in [0.717, 1.165) is 12.1 Å². The van der Waals surface area contributed by atoms with Gasteiger partial charge in [0, 0.05) is 12.1 Å². The number of ether oxygens (including phenoxy) is 2. The highest BCUT2D eigenvalue weighted by atomic mass is 35.5. The molecule has 0 aliphatic carbocycles. The second-order valence-corrected chi connectivity index (χ2v) is 3.48. The van der Waals surface area contributed by atoms with Gasteiger partial charge in [-0.2, -0.15) is 0 Å². The van der Waals surface area contributed by atoms with E-state index >= 15 is 0 Å². The third kappa shape index (κ3) is 4.81. The molecule has 0 saturated heterocycles. The summed E-state index contributed by atoms with van der Waals surface area (Å²) in [5.74, 6) is 0.654. The van der Waals surface area contributed by atoms with Crippen LogP contribution in [-0.4, -0.2) is 26.2 Å². The van der Waals surface area contributed by atoms with E-state index in [1.165, 1.54) is 0 Å². The summed E-state index contributed by atoms with van der Waals surface area (Å²) in [5.41, 5.74) is 6.00. The van der Waals surface area contributed by atoms with Crippen molar-refractivity contribution in [1.82, 2.24) is 5.32 Å². The van der Waals surface area contributed by atoms with E-state index < -0.39 is 5.91 Å². The molecule has 0 heterocycles. The van der Waals surface area contributed by atoms with Gasteiger partial charge in [0.25, 0.3) is 5.91 Å². The number of carbonyl (C=O) groups excluding carboxylic acids is 1. The third-order valence-electron chi connectivity index (χ3n) is 2.20. The summed E-state index contributed by atoms with van der Waals surface area (Å²) < 4.78 is 10.6. The van der Waals surface area contributed by atoms with Crippen LogP contribution >= 0.6 is 12.4 Å². The van der Waals surface area contributed by atoms with Crippen LogP contribution in [-0.2, 0) is 11.3 Å². The fourth-order valence-electron chi connectivity index (χ4n) is 1.43. The molecule has 0 atom stereocenters. The number of rotatable bonds is 7. The molecule has 1 amide bonds. The van der Waals surface area contributed by atoms with Crippen LogP contribution < -0.4 is 20.5 Å². The van der Waals surface area contributed by atoms with Gasteiger partial charge in [0.05, 0.1) is 7.11 Å². The lowest BCUT2D eigenvalue weighted by Crippen LogP contribution is -2.21. The van der Waals surface area contributed by atoms with Gasteiger partial charge in [-0.3, -0.25) is 4.79 Å². The van der Waals surface area contributed by atoms with Crippen molar-refractivity contribution in [2.24, 2.45) is 5.73 Å². The van der Waals surface area contributed by atoms with E-state index in [9.17, 15) is 4.79 Å². The number of nitrogens with one attached hydrogen (secondary N) is 1. The van der Waals surface area contributed by atoms with Crippen molar-refractivity contribution in [1.29, 1.82) is 0 Å². The standard InChI is InChI=1S/C12H18N2O3.ClH/c1-3-14-7-9-5-4-6-10(16-2)12(9)17-8-11(13)15;/h4-6,14H,3,7-8H2,1-2H3,(H2,13,15);1H. The predicted octanol–water partition coefficient (Wildman–Crippen LogP) is 1.09. The molecule has 0 unspecified atom stereocenters. The van der Waals surface area contributed by atoms with Crippen LogP contribution in [0.4, 0.5) is 0 Å². The van der Waals surface area contributed by atoms with E-state index in [1.807, 2.05) is 19.1 Å². The number of primary amides is 1. The highest BCUT2D eigenvalue weighted by molar-refractivity contribution is 5.85. The first-order chi connectivity index (χ1) is 8.19.